The summed E-state index contributed by atoms with van der Waals surface area (Å²) in [5.74, 6) is 0.901. The number of nitrogens with zero attached hydrogens (tertiary/aromatic N) is 1. The van der Waals surface area contributed by atoms with Crippen LogP contribution < -0.4 is 14.4 Å². The van der Waals surface area contributed by atoms with Crippen molar-refractivity contribution in [1.82, 2.24) is 0 Å². The molecule has 1 aliphatic rings. The van der Waals surface area contributed by atoms with Crippen molar-refractivity contribution in [2.75, 3.05) is 32.2 Å². The maximum Gasteiger partial charge on any atom is 0.306 e. The van der Waals surface area contributed by atoms with Gasteiger partial charge in [-0.05, 0) is 41.8 Å². The van der Waals surface area contributed by atoms with Crippen LogP contribution in [-0.4, -0.2) is 33.3 Å². The molecule has 0 atom stereocenters. The Bertz CT molecular complexity index is 774. The van der Waals surface area contributed by atoms with Crippen molar-refractivity contribution >= 4 is 23.3 Å². The molecule has 2 aromatic carbocycles. The zero-order valence-electron chi connectivity index (χ0n) is 15.0. The van der Waals surface area contributed by atoms with Crippen LogP contribution in [0.2, 0.25) is 5.02 Å². The maximum atomic E-state index is 12.0. The first kappa shape index (κ1) is 18.4. The summed E-state index contributed by atoms with van der Waals surface area (Å²) < 4.78 is 16.4. The first-order valence-corrected chi connectivity index (χ1v) is 8.90. The van der Waals surface area contributed by atoms with Crippen LogP contribution in [0.25, 0.3) is 0 Å². The molecule has 0 aromatic heterocycles. The Kier molecular flexibility index (Phi) is 5.89. The van der Waals surface area contributed by atoms with Gasteiger partial charge in [0, 0.05) is 26.2 Å². The van der Waals surface area contributed by atoms with Crippen molar-refractivity contribution in [2.24, 2.45) is 0 Å². The molecule has 0 bridgehead atoms. The van der Waals surface area contributed by atoms with Crippen LogP contribution in [0, 0.1) is 0 Å². The zero-order valence-corrected chi connectivity index (χ0v) is 15.7. The van der Waals surface area contributed by atoms with E-state index in [0.29, 0.717) is 42.6 Å². The molecule has 6 heteroatoms. The molecule has 0 radical (unpaired) electrons. The van der Waals surface area contributed by atoms with Crippen molar-refractivity contribution < 1.29 is 19.0 Å². The largest absolute Gasteiger partial charge is 0.486 e. The molecule has 0 saturated carbocycles. The number of halogens is 1. The molecule has 1 aliphatic heterocycles. The van der Waals surface area contributed by atoms with Crippen LogP contribution in [0.4, 0.5) is 5.69 Å². The number of hydrogen-bond acceptors (Lipinski definition) is 5. The predicted molar refractivity (Wildman–Crippen MR) is 101 cm³/mol. The number of anilines is 1. The second-order valence-electron chi connectivity index (χ2n) is 6.32. The lowest BCUT2D eigenvalue weighted by atomic mass is 10.1. The smallest absolute Gasteiger partial charge is 0.306 e. The van der Waals surface area contributed by atoms with E-state index in [1.807, 2.05) is 43.3 Å². The standard InChI is InChI=1S/C20H22ClNO4/c1-22(2)16-6-3-14(4-7-16)5-8-19(23)26-13-15-11-17(21)20-18(12-15)24-9-10-25-20/h3-4,6-7,11-12H,5,8-10,13H2,1-2H3. The van der Waals surface area contributed by atoms with Gasteiger partial charge in [-0.3, -0.25) is 4.79 Å². The molecule has 26 heavy (non-hydrogen) atoms. The maximum absolute atomic E-state index is 12.0. The number of carbonyl (C=O) groups excluding carboxylic acids is 1. The normalized spacial score (nSPS) is 12.6. The van der Waals surface area contributed by atoms with Gasteiger partial charge >= 0.3 is 5.97 Å². The second kappa shape index (κ2) is 8.32. The van der Waals surface area contributed by atoms with Gasteiger partial charge in [0.05, 0.1) is 5.02 Å². The summed E-state index contributed by atoms with van der Waals surface area (Å²) in [5.41, 5.74) is 3.02. The van der Waals surface area contributed by atoms with E-state index in [2.05, 4.69) is 0 Å². The number of benzene rings is 2. The van der Waals surface area contributed by atoms with Gasteiger partial charge in [-0.1, -0.05) is 23.7 Å². The van der Waals surface area contributed by atoms with Crippen molar-refractivity contribution in [3.63, 3.8) is 0 Å². The van der Waals surface area contributed by atoms with Crippen molar-refractivity contribution in [3.8, 4) is 11.5 Å². The van der Waals surface area contributed by atoms with E-state index < -0.39 is 0 Å². The molecule has 3 rings (SSSR count). The van der Waals surface area contributed by atoms with Crippen LogP contribution in [0.1, 0.15) is 17.5 Å². The summed E-state index contributed by atoms with van der Waals surface area (Å²) in [6.45, 7) is 1.13. The van der Waals surface area contributed by atoms with Gasteiger partial charge in [-0.15, -0.1) is 0 Å². The fourth-order valence-corrected chi connectivity index (χ4v) is 2.98. The van der Waals surface area contributed by atoms with Crippen molar-refractivity contribution in [3.05, 3.63) is 52.5 Å². The van der Waals surface area contributed by atoms with E-state index in [1.165, 1.54) is 0 Å². The molecule has 0 saturated heterocycles. The zero-order chi connectivity index (χ0) is 18.5. The third-order valence-corrected chi connectivity index (χ3v) is 4.41. The third-order valence-electron chi connectivity index (χ3n) is 4.13. The number of esters is 1. The average Bonchev–Trinajstić information content (AvgIpc) is 2.65. The molecule has 0 spiro atoms. The number of rotatable bonds is 6. The van der Waals surface area contributed by atoms with Crippen LogP contribution in [-0.2, 0) is 22.6 Å². The van der Waals surface area contributed by atoms with E-state index >= 15 is 0 Å². The molecule has 0 amide bonds. The second-order valence-corrected chi connectivity index (χ2v) is 6.73. The molecule has 138 valence electrons. The van der Waals surface area contributed by atoms with Gasteiger partial charge in [0.2, 0.25) is 0 Å². The first-order valence-electron chi connectivity index (χ1n) is 8.53. The predicted octanol–water partition coefficient (Wildman–Crippen LogP) is 3.85. The Balaban J connectivity index is 1.50. The number of aryl methyl sites for hydroxylation is 1. The van der Waals surface area contributed by atoms with Gasteiger partial charge in [0.15, 0.2) is 11.5 Å². The molecule has 0 unspecified atom stereocenters. The van der Waals surface area contributed by atoms with Gasteiger partial charge in [0.1, 0.15) is 19.8 Å². The average molecular weight is 376 g/mol. The minimum atomic E-state index is -0.243. The fourth-order valence-electron chi connectivity index (χ4n) is 2.69. The van der Waals surface area contributed by atoms with Gasteiger partial charge in [0.25, 0.3) is 0 Å². The van der Waals surface area contributed by atoms with Crippen molar-refractivity contribution in [2.45, 2.75) is 19.4 Å². The molecular formula is C20H22ClNO4. The molecule has 1 heterocycles. The van der Waals surface area contributed by atoms with E-state index in [-0.39, 0.29) is 12.6 Å². The molecule has 0 aliphatic carbocycles. The third kappa shape index (κ3) is 4.61. The highest BCUT2D eigenvalue weighted by Crippen LogP contribution is 2.38. The van der Waals surface area contributed by atoms with Crippen molar-refractivity contribution in [1.29, 1.82) is 0 Å². The highest BCUT2D eigenvalue weighted by molar-refractivity contribution is 6.32. The van der Waals surface area contributed by atoms with E-state index in [0.717, 1.165) is 16.8 Å². The van der Waals surface area contributed by atoms with E-state index in [1.54, 1.807) is 12.1 Å². The molecule has 5 nitrogen and oxygen atoms in total. The summed E-state index contributed by atoms with van der Waals surface area (Å²) in [6.07, 6.45) is 0.980. The summed E-state index contributed by atoms with van der Waals surface area (Å²) in [4.78, 5) is 14.1. The molecule has 0 fully saturated rings. The van der Waals surface area contributed by atoms with E-state index in [9.17, 15) is 4.79 Å². The first-order chi connectivity index (χ1) is 12.5. The highest BCUT2D eigenvalue weighted by atomic mass is 35.5. The van der Waals surface area contributed by atoms with Gasteiger partial charge in [-0.2, -0.15) is 0 Å². The molecule has 0 N–H and O–H groups in total. The summed E-state index contributed by atoms with van der Waals surface area (Å²) in [7, 11) is 3.99. The Morgan fingerprint density at radius 1 is 1.12 bits per heavy atom. The minimum absolute atomic E-state index is 0.161. The SMILES string of the molecule is CN(C)c1ccc(CCC(=O)OCc2cc(Cl)c3c(c2)OCCO3)cc1. The number of hydrogen-bond donors (Lipinski definition) is 0. The minimum Gasteiger partial charge on any atom is -0.486 e. The molecular weight excluding hydrogens is 354 g/mol. The lowest BCUT2D eigenvalue weighted by Gasteiger charge is -2.20. The summed E-state index contributed by atoms with van der Waals surface area (Å²) >= 11 is 6.19. The monoisotopic (exact) mass is 375 g/mol. The van der Waals surface area contributed by atoms with Gasteiger partial charge in [-0.25, -0.2) is 0 Å². The topological polar surface area (TPSA) is 48.0 Å². The van der Waals surface area contributed by atoms with Crippen LogP contribution in [0.3, 0.4) is 0 Å². The van der Waals surface area contributed by atoms with Crippen LogP contribution in [0.5, 0.6) is 11.5 Å². The Labute approximate surface area is 158 Å². The Morgan fingerprint density at radius 3 is 2.58 bits per heavy atom. The quantitative estimate of drug-likeness (QED) is 0.718. The fraction of sp³-hybridized carbons (Fsp3) is 0.350. The van der Waals surface area contributed by atoms with Crippen LogP contribution in [0.15, 0.2) is 36.4 Å². The highest BCUT2D eigenvalue weighted by Gasteiger charge is 2.17. The van der Waals surface area contributed by atoms with Crippen LogP contribution >= 0.6 is 11.6 Å². The Morgan fingerprint density at radius 2 is 1.85 bits per heavy atom. The lowest BCUT2D eigenvalue weighted by Crippen LogP contribution is -2.16. The van der Waals surface area contributed by atoms with Gasteiger partial charge < -0.3 is 19.1 Å². The number of fused-ring (bicyclic) bond motifs is 1. The lowest BCUT2D eigenvalue weighted by molar-refractivity contribution is -0.144. The summed E-state index contributed by atoms with van der Waals surface area (Å²) in [5, 5.41) is 0.467. The number of carbonyl (C=O) groups is 1. The van der Waals surface area contributed by atoms with E-state index in [4.69, 9.17) is 25.8 Å². The summed E-state index contributed by atoms with van der Waals surface area (Å²) in [6, 6.07) is 11.7. The Hall–Kier alpha value is -2.40. The molecule has 2 aromatic rings. The number of ether oxygens (including phenoxy) is 3.